The van der Waals surface area contributed by atoms with Crippen LogP contribution in [0.4, 0.5) is 0 Å². The van der Waals surface area contributed by atoms with Crippen LogP contribution in [0.1, 0.15) is 51.0 Å². The van der Waals surface area contributed by atoms with Crippen molar-refractivity contribution in [2.75, 3.05) is 26.2 Å². The van der Waals surface area contributed by atoms with E-state index in [0.717, 1.165) is 49.0 Å². The second kappa shape index (κ2) is 7.09. The third-order valence-electron chi connectivity index (χ3n) is 7.99. The van der Waals surface area contributed by atoms with Crippen molar-refractivity contribution >= 4 is 15.9 Å². The van der Waals surface area contributed by atoms with E-state index < -0.39 is 10.0 Å². The van der Waals surface area contributed by atoms with Crippen LogP contribution in [0.15, 0.2) is 29.2 Å². The highest BCUT2D eigenvalue weighted by molar-refractivity contribution is 7.89. The van der Waals surface area contributed by atoms with E-state index in [2.05, 4.69) is 6.92 Å². The van der Waals surface area contributed by atoms with Gasteiger partial charge in [-0.05, 0) is 80.4 Å². The molecule has 1 amide bonds. The third-order valence-corrected chi connectivity index (χ3v) is 9.90. The Kier molecular flexibility index (Phi) is 4.78. The van der Waals surface area contributed by atoms with E-state index in [9.17, 15) is 13.2 Å². The summed E-state index contributed by atoms with van der Waals surface area (Å²) in [5.41, 5.74) is 1.00. The normalized spacial score (nSPS) is 34.5. The average molecular weight is 417 g/mol. The lowest BCUT2D eigenvalue weighted by Crippen LogP contribution is -2.58. The van der Waals surface area contributed by atoms with E-state index in [1.165, 1.54) is 19.3 Å². The fraction of sp³-hybridized carbons (Fsp3) is 0.696. The summed E-state index contributed by atoms with van der Waals surface area (Å²) in [5.74, 6) is 2.56. The minimum atomic E-state index is -3.49. The molecule has 5 aliphatic rings. The SMILES string of the molecule is CCc1ccc(S(=O)(=O)N2CCN(C(=O)C34CC5CC(CC(C5)C3)C4)CC2)cc1. The standard InChI is InChI=1S/C23H32N2O3S/c1-2-17-3-5-21(6-4-17)29(27,28)25-9-7-24(8-10-25)22(26)23-14-18-11-19(15-23)13-20(12-18)16-23/h3-6,18-20H,2,7-16H2,1H3. The zero-order valence-corrected chi connectivity index (χ0v) is 18.2. The molecule has 4 aliphatic carbocycles. The van der Waals surface area contributed by atoms with Crippen LogP contribution in [0.2, 0.25) is 0 Å². The molecule has 1 aromatic carbocycles. The quantitative estimate of drug-likeness (QED) is 0.757. The van der Waals surface area contributed by atoms with Gasteiger partial charge < -0.3 is 4.90 Å². The van der Waals surface area contributed by atoms with E-state index in [-0.39, 0.29) is 5.41 Å². The lowest BCUT2D eigenvalue weighted by Gasteiger charge is -2.57. The molecule has 1 heterocycles. The van der Waals surface area contributed by atoms with Gasteiger partial charge in [0.2, 0.25) is 15.9 Å². The Hall–Kier alpha value is -1.40. The maximum atomic E-state index is 13.5. The Morgan fingerprint density at radius 3 is 1.93 bits per heavy atom. The number of hydrogen-bond acceptors (Lipinski definition) is 3. The number of carbonyl (C=O) groups is 1. The van der Waals surface area contributed by atoms with Gasteiger partial charge >= 0.3 is 0 Å². The predicted octanol–water partition coefficient (Wildman–Crippen LogP) is 3.30. The lowest BCUT2D eigenvalue weighted by atomic mass is 9.49. The summed E-state index contributed by atoms with van der Waals surface area (Å²) in [4.78, 5) is 15.8. The van der Waals surface area contributed by atoms with E-state index in [1.54, 1.807) is 16.4 Å². The van der Waals surface area contributed by atoms with Crippen molar-refractivity contribution in [2.45, 2.75) is 56.8 Å². The van der Waals surface area contributed by atoms with Gasteiger partial charge in [-0.3, -0.25) is 4.79 Å². The Labute approximate surface area is 174 Å². The number of nitrogens with zero attached hydrogens (tertiary/aromatic N) is 2. The Morgan fingerprint density at radius 2 is 1.45 bits per heavy atom. The van der Waals surface area contributed by atoms with Crippen LogP contribution < -0.4 is 0 Å². The summed E-state index contributed by atoms with van der Waals surface area (Å²) < 4.78 is 27.6. The fourth-order valence-electron chi connectivity index (χ4n) is 6.89. The molecule has 4 bridgehead atoms. The van der Waals surface area contributed by atoms with Gasteiger partial charge in [0.15, 0.2) is 0 Å². The van der Waals surface area contributed by atoms with Gasteiger partial charge in [-0.2, -0.15) is 4.31 Å². The number of carbonyl (C=O) groups excluding carboxylic acids is 1. The molecule has 1 aliphatic heterocycles. The number of sulfonamides is 1. The van der Waals surface area contributed by atoms with Crippen molar-refractivity contribution in [1.29, 1.82) is 0 Å². The highest BCUT2D eigenvalue weighted by Crippen LogP contribution is 2.60. The number of amides is 1. The summed E-state index contributed by atoms with van der Waals surface area (Å²) in [7, 11) is -3.49. The molecule has 0 spiro atoms. The first-order valence-electron chi connectivity index (χ1n) is 11.3. The fourth-order valence-corrected chi connectivity index (χ4v) is 8.31. The summed E-state index contributed by atoms with van der Waals surface area (Å²) in [6, 6.07) is 7.20. The summed E-state index contributed by atoms with van der Waals surface area (Å²) in [5, 5.41) is 0. The molecule has 0 atom stereocenters. The minimum absolute atomic E-state index is 0.133. The number of hydrogen-bond donors (Lipinski definition) is 0. The van der Waals surface area contributed by atoms with Crippen LogP contribution in [-0.4, -0.2) is 49.7 Å². The van der Waals surface area contributed by atoms with Gasteiger partial charge in [0, 0.05) is 26.2 Å². The second-order valence-corrected chi connectivity index (χ2v) is 11.8. The number of aryl methyl sites for hydroxylation is 1. The van der Waals surface area contributed by atoms with Crippen LogP contribution in [0.3, 0.4) is 0 Å². The summed E-state index contributed by atoms with van der Waals surface area (Å²) >= 11 is 0. The van der Waals surface area contributed by atoms with Gasteiger partial charge in [-0.1, -0.05) is 19.1 Å². The first kappa shape index (κ1) is 19.6. The summed E-state index contributed by atoms with van der Waals surface area (Å²) in [6.45, 7) is 3.90. The number of rotatable bonds is 4. The van der Waals surface area contributed by atoms with Crippen molar-refractivity contribution in [3.05, 3.63) is 29.8 Å². The average Bonchev–Trinajstić information content (AvgIpc) is 2.72. The Morgan fingerprint density at radius 1 is 0.931 bits per heavy atom. The smallest absolute Gasteiger partial charge is 0.243 e. The van der Waals surface area contributed by atoms with Crippen molar-refractivity contribution in [3.8, 4) is 0 Å². The monoisotopic (exact) mass is 416 g/mol. The van der Waals surface area contributed by atoms with Gasteiger partial charge in [0.25, 0.3) is 0 Å². The third kappa shape index (κ3) is 3.32. The molecule has 0 unspecified atom stereocenters. The molecule has 6 rings (SSSR count). The molecule has 1 saturated heterocycles. The second-order valence-electron chi connectivity index (χ2n) is 9.89. The van der Waals surface area contributed by atoms with Crippen molar-refractivity contribution in [3.63, 3.8) is 0 Å². The Balaban J connectivity index is 1.26. The van der Waals surface area contributed by atoms with Gasteiger partial charge in [0.1, 0.15) is 0 Å². The van der Waals surface area contributed by atoms with Crippen LogP contribution in [-0.2, 0) is 21.2 Å². The molecule has 158 valence electrons. The molecule has 0 aromatic heterocycles. The largest absolute Gasteiger partial charge is 0.340 e. The maximum absolute atomic E-state index is 13.5. The molecular weight excluding hydrogens is 384 g/mol. The molecular formula is C23H32N2O3S. The first-order valence-corrected chi connectivity index (χ1v) is 12.7. The molecule has 0 N–H and O–H groups in total. The molecule has 6 heteroatoms. The van der Waals surface area contributed by atoms with Crippen LogP contribution in [0.25, 0.3) is 0 Å². The van der Waals surface area contributed by atoms with E-state index in [1.807, 2.05) is 17.0 Å². The zero-order chi connectivity index (χ0) is 20.2. The number of benzene rings is 1. The molecule has 1 aromatic rings. The van der Waals surface area contributed by atoms with Gasteiger partial charge in [0.05, 0.1) is 10.3 Å². The predicted molar refractivity (Wildman–Crippen MR) is 112 cm³/mol. The van der Waals surface area contributed by atoms with E-state index in [4.69, 9.17) is 0 Å². The lowest BCUT2D eigenvalue weighted by molar-refractivity contribution is -0.158. The molecule has 0 radical (unpaired) electrons. The summed E-state index contributed by atoms with van der Waals surface area (Å²) in [6.07, 6.45) is 8.09. The molecule has 4 saturated carbocycles. The molecule has 29 heavy (non-hydrogen) atoms. The van der Waals surface area contributed by atoms with Crippen LogP contribution in [0.5, 0.6) is 0 Å². The zero-order valence-electron chi connectivity index (χ0n) is 17.3. The highest BCUT2D eigenvalue weighted by atomic mass is 32.2. The van der Waals surface area contributed by atoms with Crippen LogP contribution in [0, 0.1) is 23.2 Å². The van der Waals surface area contributed by atoms with Gasteiger partial charge in [-0.15, -0.1) is 0 Å². The Bertz CT molecular complexity index is 850. The number of piperazine rings is 1. The minimum Gasteiger partial charge on any atom is -0.340 e. The van der Waals surface area contributed by atoms with Gasteiger partial charge in [-0.25, -0.2) is 8.42 Å². The molecule has 5 nitrogen and oxygen atoms in total. The topological polar surface area (TPSA) is 57.7 Å². The van der Waals surface area contributed by atoms with Crippen molar-refractivity contribution in [1.82, 2.24) is 9.21 Å². The van der Waals surface area contributed by atoms with Crippen molar-refractivity contribution in [2.24, 2.45) is 23.2 Å². The van der Waals surface area contributed by atoms with Crippen molar-refractivity contribution < 1.29 is 13.2 Å². The molecule has 5 fully saturated rings. The first-order chi connectivity index (χ1) is 13.9. The van der Waals surface area contributed by atoms with E-state index >= 15 is 0 Å². The van der Waals surface area contributed by atoms with E-state index in [0.29, 0.717) is 37.0 Å². The van der Waals surface area contributed by atoms with Crippen LogP contribution >= 0.6 is 0 Å². The maximum Gasteiger partial charge on any atom is 0.243 e. The highest BCUT2D eigenvalue weighted by Gasteiger charge is 2.55.